The van der Waals surface area contributed by atoms with Gasteiger partial charge in [0, 0.05) is 36.1 Å². The first-order valence-corrected chi connectivity index (χ1v) is 14.8. The van der Waals surface area contributed by atoms with Crippen LogP contribution in [0.1, 0.15) is 60.5 Å². The van der Waals surface area contributed by atoms with E-state index in [-0.39, 0.29) is 29.5 Å². The molecule has 3 aromatic rings. The van der Waals surface area contributed by atoms with Crippen LogP contribution in [0.5, 0.6) is 0 Å². The minimum atomic E-state index is -0.716. The van der Waals surface area contributed by atoms with Crippen molar-refractivity contribution >= 4 is 23.2 Å². The first-order valence-electron chi connectivity index (χ1n) is 13.9. The fourth-order valence-corrected chi connectivity index (χ4v) is 6.86. The molecule has 2 atom stereocenters. The number of morpholine rings is 1. The van der Waals surface area contributed by atoms with Gasteiger partial charge in [-0.3, -0.25) is 9.59 Å². The molecule has 3 fully saturated rings. The largest absolute Gasteiger partial charge is 0.378 e. The van der Waals surface area contributed by atoms with Gasteiger partial charge in [0.05, 0.1) is 29.9 Å². The minimum absolute atomic E-state index is 0.0121. The summed E-state index contributed by atoms with van der Waals surface area (Å²) in [6.07, 6.45) is 4.90. The van der Waals surface area contributed by atoms with Gasteiger partial charge in [-0.25, -0.2) is 9.37 Å². The van der Waals surface area contributed by atoms with Crippen molar-refractivity contribution in [3.63, 3.8) is 0 Å². The molecule has 2 saturated carbocycles. The number of nitriles is 1. The van der Waals surface area contributed by atoms with Crippen LogP contribution in [0.3, 0.4) is 0 Å². The molecule has 1 aliphatic heterocycles. The topological polar surface area (TPSA) is 95.3 Å². The van der Waals surface area contributed by atoms with Gasteiger partial charge < -0.3 is 15.0 Å². The molecule has 2 heterocycles. The standard InChI is InChI=1S/C31H31FN4O3S/c32-23-11-9-21(10-12-23)29-34-26(24-3-1-2-4-25(24)28(37)35-31(19-33)13-14-31)27(40-29)20-5-7-22(8-6-20)30(38)36-15-17-39-18-16-36/h5-12,24-25H,1-4,13-18H2,(H,35,37). The maximum absolute atomic E-state index is 13.7. The third-order valence-electron chi connectivity index (χ3n) is 8.22. The van der Waals surface area contributed by atoms with E-state index in [4.69, 9.17) is 9.72 Å². The smallest absolute Gasteiger partial charge is 0.254 e. The Morgan fingerprint density at radius 2 is 1.70 bits per heavy atom. The van der Waals surface area contributed by atoms with Gasteiger partial charge in [0.1, 0.15) is 16.4 Å². The van der Waals surface area contributed by atoms with Crippen molar-refractivity contribution in [1.29, 1.82) is 5.26 Å². The number of nitrogens with zero attached hydrogens (tertiary/aromatic N) is 3. The maximum atomic E-state index is 13.7. The molecule has 1 saturated heterocycles. The lowest BCUT2D eigenvalue weighted by Crippen LogP contribution is -2.42. The lowest BCUT2D eigenvalue weighted by atomic mass is 9.76. The fraction of sp³-hybridized carbons (Fsp3) is 0.419. The van der Waals surface area contributed by atoms with Gasteiger partial charge in [-0.1, -0.05) is 25.0 Å². The SMILES string of the molecule is N#CC1(NC(=O)C2CCCCC2c2nc(-c3ccc(F)cc3)sc2-c2ccc(C(=O)N3CCOCC3)cc2)CC1. The number of halogens is 1. The van der Waals surface area contributed by atoms with Crippen LogP contribution in [0, 0.1) is 23.1 Å². The van der Waals surface area contributed by atoms with Crippen molar-refractivity contribution in [3.05, 3.63) is 65.6 Å². The lowest BCUT2D eigenvalue weighted by Gasteiger charge is -2.31. The van der Waals surface area contributed by atoms with Crippen LogP contribution in [0.15, 0.2) is 48.5 Å². The van der Waals surface area contributed by atoms with Gasteiger partial charge in [-0.2, -0.15) is 5.26 Å². The minimum Gasteiger partial charge on any atom is -0.378 e. The van der Waals surface area contributed by atoms with Gasteiger partial charge in [-0.15, -0.1) is 11.3 Å². The highest BCUT2D eigenvalue weighted by atomic mass is 32.1. The second-order valence-electron chi connectivity index (χ2n) is 10.9. The number of ether oxygens (including phenoxy) is 1. The number of carbonyl (C=O) groups excluding carboxylic acids is 2. The number of carbonyl (C=O) groups is 2. The summed E-state index contributed by atoms with van der Waals surface area (Å²) in [5, 5.41) is 13.3. The number of nitrogens with one attached hydrogen (secondary N) is 1. The summed E-state index contributed by atoms with van der Waals surface area (Å²) >= 11 is 1.52. The molecule has 0 spiro atoms. The third kappa shape index (κ3) is 5.38. The van der Waals surface area contributed by atoms with E-state index in [1.165, 1.54) is 23.5 Å². The molecule has 0 bridgehead atoms. The summed E-state index contributed by atoms with van der Waals surface area (Å²) in [5.41, 5.74) is 2.51. The van der Waals surface area contributed by atoms with Crippen molar-refractivity contribution < 1.29 is 18.7 Å². The highest BCUT2D eigenvalue weighted by Crippen LogP contribution is 2.46. The van der Waals surface area contributed by atoms with E-state index in [0.29, 0.717) is 44.7 Å². The second-order valence-corrected chi connectivity index (χ2v) is 11.9. The number of rotatable bonds is 6. The normalized spacial score (nSPS) is 21.9. The molecule has 1 aromatic heterocycles. The van der Waals surface area contributed by atoms with Crippen LogP contribution in [-0.4, -0.2) is 53.5 Å². The van der Waals surface area contributed by atoms with Crippen molar-refractivity contribution in [2.45, 2.75) is 50.0 Å². The molecule has 2 amide bonds. The molecule has 40 heavy (non-hydrogen) atoms. The number of thiazole rings is 1. The lowest BCUT2D eigenvalue weighted by molar-refractivity contribution is -0.127. The van der Waals surface area contributed by atoms with E-state index in [1.54, 1.807) is 12.1 Å². The Morgan fingerprint density at radius 3 is 2.38 bits per heavy atom. The Bertz CT molecular complexity index is 1440. The third-order valence-corrected chi connectivity index (χ3v) is 9.39. The quantitative estimate of drug-likeness (QED) is 0.429. The molecular formula is C31H31FN4O3S. The fourth-order valence-electron chi connectivity index (χ4n) is 5.71. The maximum Gasteiger partial charge on any atom is 0.254 e. The Morgan fingerprint density at radius 1 is 1.02 bits per heavy atom. The van der Waals surface area contributed by atoms with E-state index in [9.17, 15) is 19.2 Å². The molecule has 3 aliphatic rings. The molecule has 2 aliphatic carbocycles. The van der Waals surface area contributed by atoms with Crippen LogP contribution in [0.4, 0.5) is 4.39 Å². The average Bonchev–Trinajstić information content (AvgIpc) is 3.64. The molecule has 2 unspecified atom stereocenters. The first-order chi connectivity index (χ1) is 19.5. The zero-order chi connectivity index (χ0) is 27.7. The van der Waals surface area contributed by atoms with Gasteiger partial charge in [0.25, 0.3) is 5.91 Å². The summed E-state index contributed by atoms with van der Waals surface area (Å²) in [4.78, 5) is 34.3. The van der Waals surface area contributed by atoms with E-state index >= 15 is 0 Å². The Labute approximate surface area is 237 Å². The van der Waals surface area contributed by atoms with Gasteiger partial charge >= 0.3 is 0 Å². The molecule has 1 N–H and O–H groups in total. The summed E-state index contributed by atoms with van der Waals surface area (Å²) in [5.74, 6) is -0.766. The molecular weight excluding hydrogens is 527 g/mol. The number of aromatic nitrogens is 1. The predicted octanol–water partition coefficient (Wildman–Crippen LogP) is 5.53. The van der Waals surface area contributed by atoms with Crippen molar-refractivity contribution in [1.82, 2.24) is 15.2 Å². The molecule has 6 rings (SSSR count). The monoisotopic (exact) mass is 558 g/mol. The van der Waals surface area contributed by atoms with Gasteiger partial charge in [0.15, 0.2) is 0 Å². The molecule has 9 heteroatoms. The highest BCUT2D eigenvalue weighted by Gasteiger charge is 2.47. The second kappa shape index (κ2) is 11.1. The van der Waals surface area contributed by atoms with E-state index in [2.05, 4.69) is 11.4 Å². The van der Waals surface area contributed by atoms with Crippen molar-refractivity contribution in [2.75, 3.05) is 26.3 Å². The summed E-state index contributed by atoms with van der Waals surface area (Å²) in [6.45, 7) is 2.26. The summed E-state index contributed by atoms with van der Waals surface area (Å²) < 4.78 is 19.0. The molecule has 206 valence electrons. The number of hydrogen-bond acceptors (Lipinski definition) is 6. The Balaban J connectivity index is 1.35. The highest BCUT2D eigenvalue weighted by molar-refractivity contribution is 7.18. The Hall–Kier alpha value is -3.61. The van der Waals surface area contributed by atoms with Crippen LogP contribution in [0.2, 0.25) is 0 Å². The van der Waals surface area contributed by atoms with Crippen LogP contribution < -0.4 is 5.32 Å². The zero-order valence-corrected chi connectivity index (χ0v) is 23.0. The number of benzene rings is 2. The van der Waals surface area contributed by atoms with Crippen LogP contribution >= 0.6 is 11.3 Å². The molecule has 7 nitrogen and oxygen atoms in total. The van der Waals surface area contributed by atoms with Crippen LogP contribution in [0.25, 0.3) is 21.0 Å². The van der Waals surface area contributed by atoms with E-state index in [1.807, 2.05) is 29.2 Å². The van der Waals surface area contributed by atoms with Gasteiger partial charge in [0.2, 0.25) is 5.91 Å². The van der Waals surface area contributed by atoms with E-state index in [0.717, 1.165) is 52.4 Å². The van der Waals surface area contributed by atoms with Crippen molar-refractivity contribution in [2.24, 2.45) is 5.92 Å². The summed E-state index contributed by atoms with van der Waals surface area (Å²) in [6, 6.07) is 16.2. The summed E-state index contributed by atoms with van der Waals surface area (Å²) in [7, 11) is 0. The molecule has 0 radical (unpaired) electrons. The zero-order valence-electron chi connectivity index (χ0n) is 22.2. The molecule has 2 aromatic carbocycles. The van der Waals surface area contributed by atoms with Crippen molar-refractivity contribution in [3.8, 4) is 27.1 Å². The number of hydrogen-bond donors (Lipinski definition) is 1. The van der Waals surface area contributed by atoms with Crippen LogP contribution in [-0.2, 0) is 9.53 Å². The Kier molecular flexibility index (Phi) is 7.39. The first kappa shape index (κ1) is 26.6. The van der Waals surface area contributed by atoms with E-state index < -0.39 is 5.54 Å². The van der Waals surface area contributed by atoms with Gasteiger partial charge in [-0.05, 0) is 67.6 Å². The average molecular weight is 559 g/mol. The number of amides is 2. The predicted molar refractivity (Wildman–Crippen MR) is 150 cm³/mol.